The summed E-state index contributed by atoms with van der Waals surface area (Å²) in [5.74, 6) is -0.146. The Morgan fingerprint density at radius 3 is 2.29 bits per heavy atom. The van der Waals surface area contributed by atoms with Crippen LogP contribution in [0, 0.1) is 0 Å². The Balaban J connectivity index is 2.63. The van der Waals surface area contributed by atoms with Gasteiger partial charge in [0, 0.05) is 13.1 Å². The Labute approximate surface area is 210 Å². The molecular formula is C22H34ClN4O7S+. The second kappa shape index (κ2) is 11.7. The van der Waals surface area contributed by atoms with Crippen molar-refractivity contribution in [3.05, 3.63) is 37.6 Å². The topological polar surface area (TPSA) is 134 Å². The molecule has 0 saturated heterocycles. The monoisotopic (exact) mass is 533 g/mol. The molecule has 0 saturated carbocycles. The highest BCUT2D eigenvalue weighted by Gasteiger charge is 2.33. The highest BCUT2D eigenvalue weighted by Crippen LogP contribution is 2.41. The minimum Gasteiger partial charge on any atom is -0.442 e. The number of nitrogens with zero attached hydrogens (tertiary/aromatic N) is 2. The van der Waals surface area contributed by atoms with Crippen LogP contribution >= 0.6 is 11.6 Å². The molecule has 0 aliphatic heterocycles. The van der Waals surface area contributed by atoms with Crippen molar-refractivity contribution in [1.82, 2.24) is 4.47 Å². The van der Waals surface area contributed by atoms with Crippen LogP contribution in [0.5, 0.6) is 5.75 Å². The molecule has 0 aromatic heterocycles. The Morgan fingerprint density at radius 1 is 1.14 bits per heavy atom. The van der Waals surface area contributed by atoms with Gasteiger partial charge in [0.25, 0.3) is 20.9 Å². The van der Waals surface area contributed by atoms with Gasteiger partial charge in [0.1, 0.15) is 22.8 Å². The average molecular weight is 534 g/mol. The lowest BCUT2D eigenvalue weighted by atomic mass is 10.1. The summed E-state index contributed by atoms with van der Waals surface area (Å²) < 4.78 is 33.2. The number of quaternary nitrogens is 1. The summed E-state index contributed by atoms with van der Waals surface area (Å²) in [6, 6.07) is 2.80. The molecule has 13 heteroatoms. The molecule has 35 heavy (non-hydrogen) atoms. The van der Waals surface area contributed by atoms with E-state index in [0.717, 1.165) is 12.8 Å². The normalized spacial score (nSPS) is 12.5. The number of anilines is 3. The summed E-state index contributed by atoms with van der Waals surface area (Å²) in [4.78, 5) is 29.2. The van der Waals surface area contributed by atoms with E-state index < -0.39 is 20.9 Å². The Morgan fingerprint density at radius 2 is 1.74 bits per heavy atom. The molecule has 0 amide bonds. The first-order valence-electron chi connectivity index (χ1n) is 11.1. The second-order valence-corrected chi connectivity index (χ2v) is 11.0. The number of rotatable bonds is 14. The van der Waals surface area contributed by atoms with Gasteiger partial charge in [0.05, 0.1) is 38.5 Å². The zero-order chi connectivity index (χ0) is 26.6. The van der Waals surface area contributed by atoms with E-state index in [1.165, 1.54) is 26.3 Å². The van der Waals surface area contributed by atoms with Gasteiger partial charge in [-0.1, -0.05) is 29.9 Å². The Bertz CT molecular complexity index is 1210. The minimum absolute atomic E-state index is 0.0114. The molecule has 2 aromatic rings. The number of likely N-dealkylation sites (N-methyl/N-ethyl adjacent to an activating group) is 1. The van der Waals surface area contributed by atoms with Gasteiger partial charge in [0.15, 0.2) is 5.75 Å². The summed E-state index contributed by atoms with van der Waals surface area (Å²) >= 11 is 6.31. The van der Waals surface area contributed by atoms with Gasteiger partial charge in [-0.2, -0.15) is 0 Å². The number of ether oxygens (including phenoxy) is 1. The smallest absolute Gasteiger partial charge is 0.270 e. The van der Waals surface area contributed by atoms with Gasteiger partial charge in [-0.15, -0.1) is 0 Å². The standard InChI is InChI=1S/C22H33ClN4O7S/c1-7-14(8-2)24-17-18(20(30)19(17)29)25-16-10-9-15(23)22(35(31,32)26(3)33-6)21(16)34-13-27(4,5)11-12-28/h9-10,14,28H,7-8,11-13H2,1-6H3,(H-,24,25,29,30)/p+1. The first-order chi connectivity index (χ1) is 16.3. The van der Waals surface area contributed by atoms with E-state index in [9.17, 15) is 23.1 Å². The van der Waals surface area contributed by atoms with Crippen molar-refractivity contribution in [3.8, 4) is 5.75 Å². The fourth-order valence-electron chi connectivity index (χ4n) is 3.30. The third-order valence-corrected chi connectivity index (χ3v) is 7.86. The first-order valence-corrected chi connectivity index (χ1v) is 12.9. The number of nitrogens with one attached hydrogen (secondary N) is 2. The maximum Gasteiger partial charge on any atom is 0.270 e. The summed E-state index contributed by atoms with van der Waals surface area (Å²) in [6.07, 6.45) is 1.49. The predicted molar refractivity (Wildman–Crippen MR) is 136 cm³/mol. The van der Waals surface area contributed by atoms with Crippen molar-refractivity contribution >= 4 is 38.7 Å². The van der Waals surface area contributed by atoms with E-state index in [0.29, 0.717) is 11.0 Å². The number of hydroxylamine groups is 1. The lowest BCUT2D eigenvalue weighted by Crippen LogP contribution is -2.45. The average Bonchev–Trinajstić information content (AvgIpc) is 2.82. The molecule has 0 radical (unpaired) electrons. The molecule has 0 aliphatic carbocycles. The lowest BCUT2D eigenvalue weighted by Gasteiger charge is -2.30. The van der Waals surface area contributed by atoms with Crippen LogP contribution in [0.2, 0.25) is 5.02 Å². The molecule has 0 unspecified atom stereocenters. The molecule has 0 bridgehead atoms. The summed E-state index contributed by atoms with van der Waals surface area (Å²) in [7, 11) is 1.70. The van der Waals surface area contributed by atoms with Crippen molar-refractivity contribution in [2.75, 3.05) is 58.8 Å². The van der Waals surface area contributed by atoms with Gasteiger partial charge >= 0.3 is 0 Å². The largest absolute Gasteiger partial charge is 0.442 e. The van der Waals surface area contributed by atoms with Gasteiger partial charge in [-0.25, -0.2) is 8.42 Å². The maximum atomic E-state index is 13.2. The van der Waals surface area contributed by atoms with Crippen LogP contribution in [0.15, 0.2) is 26.6 Å². The van der Waals surface area contributed by atoms with Crippen molar-refractivity contribution < 1.29 is 27.6 Å². The van der Waals surface area contributed by atoms with Crippen molar-refractivity contribution in [1.29, 1.82) is 0 Å². The molecule has 0 spiro atoms. The Hall–Kier alpha value is -2.22. The molecule has 11 nitrogen and oxygen atoms in total. The lowest BCUT2D eigenvalue weighted by molar-refractivity contribution is -0.905. The minimum atomic E-state index is -4.27. The van der Waals surface area contributed by atoms with Crippen LogP contribution in [0.4, 0.5) is 17.1 Å². The number of halogens is 1. The number of benzene rings is 1. The zero-order valence-electron chi connectivity index (χ0n) is 20.8. The van der Waals surface area contributed by atoms with Crippen molar-refractivity contribution in [3.63, 3.8) is 0 Å². The number of sulfonamides is 1. The number of hydrogen-bond acceptors (Lipinski definition) is 9. The van der Waals surface area contributed by atoms with E-state index in [4.69, 9.17) is 21.2 Å². The predicted octanol–water partition coefficient (Wildman–Crippen LogP) is 1.87. The molecule has 0 fully saturated rings. The molecule has 0 heterocycles. The van der Waals surface area contributed by atoms with Gasteiger partial charge in [0.2, 0.25) is 6.73 Å². The zero-order valence-corrected chi connectivity index (χ0v) is 22.4. The molecular weight excluding hydrogens is 500 g/mol. The number of aliphatic hydroxyl groups excluding tert-OH is 1. The van der Waals surface area contributed by atoms with E-state index in [1.54, 1.807) is 14.1 Å². The number of aliphatic hydroxyl groups is 1. The van der Waals surface area contributed by atoms with Crippen molar-refractivity contribution in [2.24, 2.45) is 0 Å². The molecule has 196 valence electrons. The fraction of sp³-hybridized carbons (Fsp3) is 0.545. The first kappa shape index (κ1) is 29.0. The number of hydrogen-bond donors (Lipinski definition) is 3. The summed E-state index contributed by atoms with van der Waals surface area (Å²) in [5, 5.41) is 15.2. The van der Waals surface area contributed by atoms with E-state index in [2.05, 4.69) is 10.6 Å². The van der Waals surface area contributed by atoms with Crippen LogP contribution in [0.3, 0.4) is 0 Å². The Kier molecular flexibility index (Phi) is 9.68. The maximum absolute atomic E-state index is 13.2. The van der Waals surface area contributed by atoms with Crippen LogP contribution in [0.25, 0.3) is 0 Å². The van der Waals surface area contributed by atoms with Crippen LogP contribution < -0.4 is 26.2 Å². The second-order valence-electron chi connectivity index (χ2n) is 8.70. The van der Waals surface area contributed by atoms with Crippen molar-refractivity contribution in [2.45, 2.75) is 37.6 Å². The van der Waals surface area contributed by atoms with E-state index >= 15 is 0 Å². The van der Waals surface area contributed by atoms with Crippen LogP contribution in [0.1, 0.15) is 26.7 Å². The van der Waals surface area contributed by atoms with Gasteiger partial charge in [-0.05, 0) is 25.0 Å². The molecule has 3 N–H and O–H groups in total. The van der Waals surface area contributed by atoms with Crippen LogP contribution in [-0.2, 0) is 14.9 Å². The highest BCUT2D eigenvalue weighted by atomic mass is 35.5. The summed E-state index contributed by atoms with van der Waals surface area (Å²) in [5.41, 5.74) is -1.10. The molecule has 0 atom stereocenters. The summed E-state index contributed by atoms with van der Waals surface area (Å²) in [6.45, 7) is 4.12. The van der Waals surface area contributed by atoms with Gasteiger partial charge in [-0.3, -0.25) is 18.9 Å². The molecule has 0 aliphatic rings. The third kappa shape index (κ3) is 6.32. The SMILES string of the molecule is CCC(CC)Nc1c(Nc2ccc(Cl)c(S(=O)(=O)N(C)OC)c2OC[N+](C)(C)CCO)c(=O)c1=O. The highest BCUT2D eigenvalue weighted by molar-refractivity contribution is 7.89. The molecule has 2 rings (SSSR count). The van der Waals surface area contributed by atoms with Crippen LogP contribution in [-0.4, -0.2) is 76.7 Å². The third-order valence-electron chi connectivity index (χ3n) is 5.69. The van der Waals surface area contributed by atoms with E-state index in [-0.39, 0.29) is 56.6 Å². The molecule has 2 aromatic carbocycles. The van der Waals surface area contributed by atoms with Gasteiger partial charge < -0.3 is 20.5 Å². The van der Waals surface area contributed by atoms with E-state index in [1.807, 2.05) is 13.8 Å². The fourth-order valence-corrected chi connectivity index (χ4v) is 4.91. The quantitative estimate of drug-likeness (QED) is 0.144.